The minimum atomic E-state index is -4.53. The summed E-state index contributed by atoms with van der Waals surface area (Å²) in [6, 6.07) is 2.64. The summed E-state index contributed by atoms with van der Waals surface area (Å²) < 4.78 is 38.7. The van der Waals surface area contributed by atoms with Crippen LogP contribution in [0, 0.1) is 0 Å². The minimum absolute atomic E-state index is 0.0367. The van der Waals surface area contributed by atoms with Gasteiger partial charge in [-0.2, -0.15) is 13.2 Å². The molecular formula is C12H12F3N3O2. The molecule has 1 heterocycles. The second kappa shape index (κ2) is 5.12. The number of aromatic amines is 1. The Balaban J connectivity index is 2.64. The molecule has 0 aliphatic rings. The SMILES string of the molecule is NCCCn1c(=O)[nH]c2cc(C(F)(F)F)ccc2c1=O. The first-order valence-electron chi connectivity index (χ1n) is 5.88. The van der Waals surface area contributed by atoms with Gasteiger partial charge in [0.1, 0.15) is 0 Å². The van der Waals surface area contributed by atoms with E-state index < -0.39 is 23.0 Å². The van der Waals surface area contributed by atoms with Crippen molar-refractivity contribution >= 4 is 10.9 Å². The van der Waals surface area contributed by atoms with Crippen LogP contribution in [0.25, 0.3) is 10.9 Å². The van der Waals surface area contributed by atoms with Crippen molar-refractivity contribution in [3.8, 4) is 0 Å². The number of H-pyrrole nitrogens is 1. The predicted molar refractivity (Wildman–Crippen MR) is 67.5 cm³/mol. The molecule has 1 aromatic heterocycles. The van der Waals surface area contributed by atoms with Crippen LogP contribution in [0.15, 0.2) is 27.8 Å². The Bertz CT molecular complexity index is 746. The van der Waals surface area contributed by atoms with Crippen molar-refractivity contribution in [3.63, 3.8) is 0 Å². The van der Waals surface area contributed by atoms with Crippen LogP contribution in [0.4, 0.5) is 13.2 Å². The van der Waals surface area contributed by atoms with Crippen LogP contribution >= 0.6 is 0 Å². The average Bonchev–Trinajstić information content (AvgIpc) is 2.37. The third-order valence-electron chi connectivity index (χ3n) is 2.90. The van der Waals surface area contributed by atoms with Gasteiger partial charge in [-0.15, -0.1) is 0 Å². The van der Waals surface area contributed by atoms with Gasteiger partial charge in [-0.3, -0.25) is 9.36 Å². The highest BCUT2D eigenvalue weighted by Crippen LogP contribution is 2.30. The van der Waals surface area contributed by atoms with Gasteiger partial charge in [-0.25, -0.2) is 4.79 Å². The summed E-state index contributed by atoms with van der Waals surface area (Å²) >= 11 is 0. The van der Waals surface area contributed by atoms with Gasteiger partial charge in [-0.1, -0.05) is 0 Å². The van der Waals surface area contributed by atoms with Gasteiger partial charge in [0.05, 0.1) is 16.5 Å². The van der Waals surface area contributed by atoms with E-state index in [1.807, 2.05) is 0 Å². The molecule has 0 saturated heterocycles. The molecular weight excluding hydrogens is 275 g/mol. The number of aromatic nitrogens is 2. The van der Waals surface area contributed by atoms with E-state index in [1.54, 1.807) is 0 Å². The topological polar surface area (TPSA) is 80.9 Å². The molecule has 0 aliphatic heterocycles. The second-order valence-electron chi connectivity index (χ2n) is 4.29. The molecule has 2 rings (SSSR count). The number of benzene rings is 1. The Kier molecular flexibility index (Phi) is 3.67. The number of nitrogens with two attached hydrogens (primary N) is 1. The van der Waals surface area contributed by atoms with E-state index in [0.717, 1.165) is 22.8 Å². The number of hydrogen-bond donors (Lipinski definition) is 2. The minimum Gasteiger partial charge on any atom is -0.330 e. The van der Waals surface area contributed by atoms with Gasteiger partial charge in [0, 0.05) is 6.54 Å². The third-order valence-corrected chi connectivity index (χ3v) is 2.90. The molecule has 0 amide bonds. The molecule has 0 fully saturated rings. The summed E-state index contributed by atoms with van der Waals surface area (Å²) in [5.74, 6) is 0. The number of rotatable bonds is 3. The first-order chi connectivity index (χ1) is 9.34. The van der Waals surface area contributed by atoms with E-state index in [-0.39, 0.29) is 17.4 Å². The smallest absolute Gasteiger partial charge is 0.330 e. The highest BCUT2D eigenvalue weighted by Gasteiger charge is 2.30. The van der Waals surface area contributed by atoms with E-state index in [1.165, 1.54) is 0 Å². The second-order valence-corrected chi connectivity index (χ2v) is 4.29. The van der Waals surface area contributed by atoms with Gasteiger partial charge in [0.2, 0.25) is 0 Å². The molecule has 0 atom stereocenters. The maximum atomic E-state index is 12.6. The van der Waals surface area contributed by atoms with Crippen LogP contribution in [-0.4, -0.2) is 16.1 Å². The highest BCUT2D eigenvalue weighted by atomic mass is 19.4. The van der Waals surface area contributed by atoms with Gasteiger partial charge in [0.25, 0.3) is 5.56 Å². The summed E-state index contributed by atoms with van der Waals surface area (Å²) in [6.45, 7) is 0.429. The third kappa shape index (κ3) is 2.60. The van der Waals surface area contributed by atoms with Crippen LogP contribution in [0.5, 0.6) is 0 Å². The van der Waals surface area contributed by atoms with E-state index in [9.17, 15) is 22.8 Å². The van der Waals surface area contributed by atoms with Gasteiger partial charge in [0.15, 0.2) is 0 Å². The summed E-state index contributed by atoms with van der Waals surface area (Å²) in [4.78, 5) is 26.0. The molecule has 0 aliphatic carbocycles. The largest absolute Gasteiger partial charge is 0.416 e. The van der Waals surface area contributed by atoms with Crippen LogP contribution in [0.1, 0.15) is 12.0 Å². The Morgan fingerprint density at radius 1 is 1.25 bits per heavy atom. The van der Waals surface area contributed by atoms with Crippen molar-refractivity contribution in [2.24, 2.45) is 5.73 Å². The average molecular weight is 287 g/mol. The van der Waals surface area contributed by atoms with E-state index >= 15 is 0 Å². The molecule has 5 nitrogen and oxygen atoms in total. The number of fused-ring (bicyclic) bond motifs is 1. The Labute approximate surface area is 110 Å². The molecule has 0 radical (unpaired) electrons. The molecule has 0 spiro atoms. The van der Waals surface area contributed by atoms with Crippen molar-refractivity contribution in [2.75, 3.05) is 6.54 Å². The lowest BCUT2D eigenvalue weighted by Crippen LogP contribution is -2.35. The van der Waals surface area contributed by atoms with Crippen molar-refractivity contribution in [3.05, 3.63) is 44.6 Å². The number of nitrogens with zero attached hydrogens (tertiary/aromatic N) is 1. The molecule has 1 aromatic carbocycles. The molecule has 0 bridgehead atoms. The van der Waals surface area contributed by atoms with Crippen molar-refractivity contribution in [1.29, 1.82) is 0 Å². The van der Waals surface area contributed by atoms with Crippen molar-refractivity contribution in [1.82, 2.24) is 9.55 Å². The van der Waals surface area contributed by atoms with Crippen molar-refractivity contribution < 1.29 is 13.2 Å². The molecule has 0 unspecified atom stereocenters. The van der Waals surface area contributed by atoms with Crippen molar-refractivity contribution in [2.45, 2.75) is 19.1 Å². The summed E-state index contributed by atoms with van der Waals surface area (Å²) in [5, 5.41) is 0.0367. The predicted octanol–water partition coefficient (Wildman–Crippen LogP) is 1.06. The number of hydrogen-bond acceptors (Lipinski definition) is 3. The molecule has 108 valence electrons. The molecule has 0 saturated carbocycles. The Morgan fingerprint density at radius 2 is 1.95 bits per heavy atom. The highest BCUT2D eigenvalue weighted by molar-refractivity contribution is 5.78. The van der Waals surface area contributed by atoms with E-state index in [2.05, 4.69) is 4.98 Å². The Morgan fingerprint density at radius 3 is 2.55 bits per heavy atom. The number of nitrogens with one attached hydrogen (secondary N) is 1. The summed E-state index contributed by atoms with van der Waals surface area (Å²) in [5.41, 5.74) is 2.90. The maximum Gasteiger partial charge on any atom is 0.416 e. The number of halogens is 3. The van der Waals surface area contributed by atoms with Crippen LogP contribution < -0.4 is 17.0 Å². The maximum absolute atomic E-state index is 12.6. The fourth-order valence-electron chi connectivity index (χ4n) is 1.88. The zero-order chi connectivity index (χ0) is 14.9. The molecule has 2 aromatic rings. The first-order valence-corrected chi connectivity index (χ1v) is 5.88. The molecule has 3 N–H and O–H groups in total. The fourth-order valence-corrected chi connectivity index (χ4v) is 1.88. The van der Waals surface area contributed by atoms with Crippen LogP contribution in [-0.2, 0) is 12.7 Å². The summed E-state index contributed by atoms with van der Waals surface area (Å²) in [7, 11) is 0. The lowest BCUT2D eigenvalue weighted by molar-refractivity contribution is -0.137. The van der Waals surface area contributed by atoms with E-state index in [0.29, 0.717) is 13.0 Å². The first kappa shape index (κ1) is 14.3. The fraction of sp³-hybridized carbons (Fsp3) is 0.333. The van der Waals surface area contributed by atoms with Gasteiger partial charge < -0.3 is 10.7 Å². The quantitative estimate of drug-likeness (QED) is 0.885. The normalized spacial score (nSPS) is 12.0. The summed E-state index contributed by atoms with van der Waals surface area (Å²) in [6.07, 6.45) is -4.10. The molecule has 20 heavy (non-hydrogen) atoms. The number of alkyl halides is 3. The van der Waals surface area contributed by atoms with Crippen LogP contribution in [0.2, 0.25) is 0 Å². The van der Waals surface area contributed by atoms with Gasteiger partial charge >= 0.3 is 11.9 Å². The Hall–Kier alpha value is -2.09. The standard InChI is InChI=1S/C12H12F3N3O2/c13-12(14,15)7-2-3-8-9(6-7)17-11(20)18(10(8)19)5-1-4-16/h2-3,6H,1,4-5,16H2,(H,17,20). The lowest BCUT2D eigenvalue weighted by atomic mass is 10.1. The van der Waals surface area contributed by atoms with E-state index in [4.69, 9.17) is 5.73 Å². The zero-order valence-corrected chi connectivity index (χ0v) is 10.3. The van der Waals surface area contributed by atoms with Crippen LogP contribution in [0.3, 0.4) is 0 Å². The van der Waals surface area contributed by atoms with Gasteiger partial charge in [-0.05, 0) is 31.2 Å². The lowest BCUT2D eigenvalue weighted by Gasteiger charge is -2.09. The molecule has 8 heteroatoms. The monoisotopic (exact) mass is 287 g/mol. The zero-order valence-electron chi connectivity index (χ0n) is 10.3.